The number of carbonyl (C=O) groups excluding carboxylic acids is 2. The number of primary amides is 2. The highest BCUT2D eigenvalue weighted by molar-refractivity contribution is 5.93. The van der Waals surface area contributed by atoms with Crippen LogP contribution < -0.4 is 11.5 Å². The molecule has 0 bridgehead atoms. The first-order valence-electron chi connectivity index (χ1n) is 5.31. The summed E-state index contributed by atoms with van der Waals surface area (Å²) in [7, 11) is 0. The minimum atomic E-state index is -0.379. The van der Waals surface area contributed by atoms with Gasteiger partial charge in [0.05, 0.1) is 0 Å². The van der Waals surface area contributed by atoms with Gasteiger partial charge in [-0.2, -0.15) is 0 Å². The lowest BCUT2D eigenvalue weighted by atomic mass is 10.2. The molecule has 0 radical (unpaired) electrons. The smallest absolute Gasteiger partial charge is 0.248 e. The third kappa shape index (κ3) is 8.89. The van der Waals surface area contributed by atoms with Crippen molar-refractivity contribution in [1.29, 1.82) is 0 Å². The van der Waals surface area contributed by atoms with Gasteiger partial charge in [-0.25, -0.2) is 0 Å². The van der Waals surface area contributed by atoms with Crippen LogP contribution in [0.5, 0.6) is 0 Å². The zero-order valence-electron chi connectivity index (χ0n) is 11.2. The Labute approximate surface area is 122 Å². The van der Waals surface area contributed by atoms with Gasteiger partial charge in [-0.1, -0.05) is 36.4 Å². The molecule has 2 rings (SSSR count). The molecule has 0 saturated carbocycles. The van der Waals surface area contributed by atoms with Crippen LogP contribution in [0.1, 0.15) is 20.7 Å². The van der Waals surface area contributed by atoms with Crippen molar-refractivity contribution >= 4 is 11.8 Å². The third-order valence-corrected chi connectivity index (χ3v) is 2.12. The van der Waals surface area contributed by atoms with Crippen molar-refractivity contribution in [3.63, 3.8) is 0 Å². The van der Waals surface area contributed by atoms with Gasteiger partial charge in [0, 0.05) is 11.1 Å². The first kappa shape index (κ1) is 23.4. The normalized spacial score (nSPS) is 7.62. The Morgan fingerprint density at radius 2 is 0.810 bits per heavy atom. The van der Waals surface area contributed by atoms with Crippen LogP contribution in [0.25, 0.3) is 0 Å². The zero-order chi connectivity index (χ0) is 13.4. The van der Waals surface area contributed by atoms with E-state index in [1.807, 2.05) is 12.1 Å². The molecule has 21 heavy (non-hydrogen) atoms. The SMILES string of the molecule is NC(=O)c1ccccc1.NC(=O)c1ccccc1.O.O.O. The summed E-state index contributed by atoms with van der Waals surface area (Å²) in [5.74, 6) is -0.758. The average Bonchev–Trinajstić information content (AvgIpc) is 2.41. The summed E-state index contributed by atoms with van der Waals surface area (Å²) in [5.41, 5.74) is 11.1. The molecule has 2 aromatic rings. The Bertz CT molecular complexity index is 468. The van der Waals surface area contributed by atoms with Gasteiger partial charge >= 0.3 is 0 Å². The molecule has 0 aliphatic rings. The monoisotopic (exact) mass is 296 g/mol. The second kappa shape index (κ2) is 12.3. The van der Waals surface area contributed by atoms with Crippen molar-refractivity contribution in [2.45, 2.75) is 0 Å². The molecule has 7 heteroatoms. The van der Waals surface area contributed by atoms with Crippen molar-refractivity contribution in [3.8, 4) is 0 Å². The van der Waals surface area contributed by atoms with Gasteiger partial charge in [0.2, 0.25) is 11.8 Å². The van der Waals surface area contributed by atoms with Gasteiger partial charge in [-0.15, -0.1) is 0 Å². The van der Waals surface area contributed by atoms with Crippen LogP contribution in [-0.4, -0.2) is 28.2 Å². The number of amides is 2. The Hall–Kier alpha value is -2.74. The van der Waals surface area contributed by atoms with E-state index in [4.69, 9.17) is 11.5 Å². The van der Waals surface area contributed by atoms with Gasteiger partial charge in [0.15, 0.2) is 0 Å². The highest BCUT2D eigenvalue weighted by Gasteiger charge is 1.94. The van der Waals surface area contributed by atoms with Crippen LogP contribution in [0, 0.1) is 0 Å². The van der Waals surface area contributed by atoms with Gasteiger partial charge < -0.3 is 27.9 Å². The molecule has 0 aromatic heterocycles. The Morgan fingerprint density at radius 1 is 0.571 bits per heavy atom. The van der Waals surface area contributed by atoms with Crippen molar-refractivity contribution in [1.82, 2.24) is 0 Å². The van der Waals surface area contributed by atoms with Crippen molar-refractivity contribution in [2.75, 3.05) is 0 Å². The van der Waals surface area contributed by atoms with E-state index in [0.29, 0.717) is 11.1 Å². The van der Waals surface area contributed by atoms with Gasteiger partial charge in [0.25, 0.3) is 0 Å². The maximum Gasteiger partial charge on any atom is 0.248 e. The number of benzene rings is 2. The number of hydrogen-bond acceptors (Lipinski definition) is 2. The third-order valence-electron chi connectivity index (χ3n) is 2.12. The van der Waals surface area contributed by atoms with E-state index >= 15 is 0 Å². The van der Waals surface area contributed by atoms with E-state index in [0.717, 1.165) is 0 Å². The quantitative estimate of drug-likeness (QED) is 0.728. The summed E-state index contributed by atoms with van der Waals surface area (Å²) in [6.45, 7) is 0. The van der Waals surface area contributed by atoms with Crippen LogP contribution >= 0.6 is 0 Å². The summed E-state index contributed by atoms with van der Waals surface area (Å²) in [6.07, 6.45) is 0. The lowest BCUT2D eigenvalue weighted by Crippen LogP contribution is -2.09. The van der Waals surface area contributed by atoms with Crippen molar-refractivity contribution in [2.24, 2.45) is 11.5 Å². The fourth-order valence-corrected chi connectivity index (χ4v) is 1.20. The predicted molar refractivity (Wildman–Crippen MR) is 80.8 cm³/mol. The summed E-state index contributed by atoms with van der Waals surface area (Å²) >= 11 is 0. The van der Waals surface area contributed by atoms with E-state index in [1.54, 1.807) is 48.5 Å². The van der Waals surface area contributed by atoms with Crippen LogP contribution in [0.15, 0.2) is 60.7 Å². The molecule has 0 aliphatic carbocycles. The van der Waals surface area contributed by atoms with Crippen LogP contribution in [-0.2, 0) is 0 Å². The minimum absolute atomic E-state index is 0. The molecule has 0 aliphatic heterocycles. The maximum atomic E-state index is 10.4. The Morgan fingerprint density at radius 3 is 0.952 bits per heavy atom. The summed E-state index contributed by atoms with van der Waals surface area (Å²) < 4.78 is 0. The molecule has 2 aromatic carbocycles. The first-order chi connectivity index (χ1) is 8.61. The molecule has 0 atom stereocenters. The average molecular weight is 296 g/mol. The summed E-state index contributed by atoms with van der Waals surface area (Å²) in [6, 6.07) is 17.5. The molecule has 0 fully saturated rings. The van der Waals surface area contributed by atoms with Gasteiger partial charge in [0.1, 0.15) is 0 Å². The van der Waals surface area contributed by atoms with E-state index in [9.17, 15) is 9.59 Å². The molecule has 7 nitrogen and oxygen atoms in total. The van der Waals surface area contributed by atoms with Crippen LogP contribution in [0.4, 0.5) is 0 Å². The Balaban J connectivity index is -0.000000270. The minimum Gasteiger partial charge on any atom is -0.412 e. The molecular weight excluding hydrogens is 276 g/mol. The molecule has 0 unspecified atom stereocenters. The summed E-state index contributed by atoms with van der Waals surface area (Å²) in [5, 5.41) is 0. The predicted octanol–water partition coefficient (Wildman–Crippen LogP) is -0.903. The zero-order valence-corrected chi connectivity index (χ0v) is 11.2. The molecule has 2 amide bonds. The fraction of sp³-hybridized carbons (Fsp3) is 0. The topological polar surface area (TPSA) is 181 Å². The molecular formula is C14H20N2O5. The number of carbonyl (C=O) groups is 2. The van der Waals surface area contributed by atoms with Crippen LogP contribution in [0.2, 0.25) is 0 Å². The first-order valence-corrected chi connectivity index (χ1v) is 5.31. The largest absolute Gasteiger partial charge is 0.412 e. The van der Waals surface area contributed by atoms with Crippen LogP contribution in [0.3, 0.4) is 0 Å². The lowest BCUT2D eigenvalue weighted by molar-refractivity contribution is 0.0992. The van der Waals surface area contributed by atoms with Crippen molar-refractivity contribution < 1.29 is 26.0 Å². The number of rotatable bonds is 2. The van der Waals surface area contributed by atoms with E-state index in [1.165, 1.54) is 0 Å². The lowest BCUT2D eigenvalue weighted by Gasteiger charge is -1.89. The van der Waals surface area contributed by atoms with E-state index in [2.05, 4.69) is 0 Å². The highest BCUT2D eigenvalue weighted by Crippen LogP contribution is 1.95. The number of nitrogens with two attached hydrogens (primary N) is 2. The highest BCUT2D eigenvalue weighted by atomic mass is 16.1. The van der Waals surface area contributed by atoms with E-state index < -0.39 is 0 Å². The summed E-state index contributed by atoms with van der Waals surface area (Å²) in [4.78, 5) is 20.8. The fourth-order valence-electron chi connectivity index (χ4n) is 1.20. The van der Waals surface area contributed by atoms with Gasteiger partial charge in [-0.05, 0) is 24.3 Å². The van der Waals surface area contributed by atoms with Gasteiger partial charge in [-0.3, -0.25) is 9.59 Å². The van der Waals surface area contributed by atoms with E-state index in [-0.39, 0.29) is 28.2 Å². The Kier molecular flexibility index (Phi) is 13.7. The molecule has 0 saturated heterocycles. The van der Waals surface area contributed by atoms with Crippen molar-refractivity contribution in [3.05, 3.63) is 71.8 Å². The molecule has 10 N–H and O–H groups in total. The maximum absolute atomic E-state index is 10.4. The second-order valence-electron chi connectivity index (χ2n) is 3.46. The molecule has 0 spiro atoms. The number of hydrogen-bond donors (Lipinski definition) is 2. The second-order valence-corrected chi connectivity index (χ2v) is 3.46. The standard InChI is InChI=1S/2C7H7NO.3H2O/c2*8-7(9)6-4-2-1-3-5-6;;;/h2*1-5H,(H2,8,9);3*1H2. The molecule has 0 heterocycles. The molecule has 116 valence electrons.